The molecular formula is C15H14BrN3O2. The number of para-hydroxylation sites is 1. The van der Waals surface area contributed by atoms with Gasteiger partial charge in [0.05, 0.1) is 0 Å². The third-order valence-corrected chi connectivity index (χ3v) is 3.31. The summed E-state index contributed by atoms with van der Waals surface area (Å²) in [4.78, 5) is 29.2. The molecule has 0 aliphatic heterocycles. The number of carbonyl (C=O) groups is 2. The number of hydrogen-bond donors (Lipinski definition) is 1. The predicted octanol–water partition coefficient (Wildman–Crippen LogP) is 2.37. The molecular weight excluding hydrogens is 334 g/mol. The zero-order chi connectivity index (χ0) is 15.2. The average molecular weight is 348 g/mol. The first-order valence-corrected chi connectivity index (χ1v) is 7.14. The van der Waals surface area contributed by atoms with Crippen LogP contribution >= 0.6 is 15.9 Å². The van der Waals surface area contributed by atoms with E-state index in [1.165, 1.54) is 4.90 Å². The molecule has 0 unspecified atom stereocenters. The second-order valence-corrected chi connectivity index (χ2v) is 5.29. The second kappa shape index (κ2) is 6.99. The average Bonchev–Trinajstić information content (AvgIpc) is 2.49. The minimum absolute atomic E-state index is 0.0944. The summed E-state index contributed by atoms with van der Waals surface area (Å²) < 4.78 is 0.794. The Morgan fingerprint density at radius 1 is 1.14 bits per heavy atom. The van der Waals surface area contributed by atoms with Gasteiger partial charge in [-0.25, -0.2) is 4.98 Å². The van der Waals surface area contributed by atoms with Crippen molar-refractivity contribution in [3.8, 4) is 0 Å². The first kappa shape index (κ1) is 15.2. The van der Waals surface area contributed by atoms with Crippen molar-refractivity contribution in [1.29, 1.82) is 0 Å². The van der Waals surface area contributed by atoms with Gasteiger partial charge in [0, 0.05) is 29.3 Å². The molecule has 0 aliphatic rings. The standard InChI is InChI=1S/C15H14BrN3O2/c16-11-6-7-13(18-10-11)15(21)19(9-8-14(17)20)12-4-2-1-3-5-12/h1-7,10H,8-9H2,(H2,17,20). The van der Waals surface area contributed by atoms with E-state index in [4.69, 9.17) is 5.73 Å². The minimum atomic E-state index is -0.451. The summed E-state index contributed by atoms with van der Waals surface area (Å²) in [5, 5.41) is 0. The summed E-state index contributed by atoms with van der Waals surface area (Å²) in [6.07, 6.45) is 1.65. The molecule has 2 rings (SSSR count). The number of anilines is 1. The van der Waals surface area contributed by atoms with Gasteiger partial charge in [0.15, 0.2) is 0 Å². The topological polar surface area (TPSA) is 76.3 Å². The minimum Gasteiger partial charge on any atom is -0.370 e. The van der Waals surface area contributed by atoms with Crippen LogP contribution in [0.2, 0.25) is 0 Å². The second-order valence-electron chi connectivity index (χ2n) is 4.37. The highest BCUT2D eigenvalue weighted by Gasteiger charge is 2.19. The van der Waals surface area contributed by atoms with E-state index in [2.05, 4.69) is 20.9 Å². The summed E-state index contributed by atoms with van der Waals surface area (Å²) >= 11 is 3.28. The molecule has 2 aromatic rings. The molecule has 0 fully saturated rings. The number of nitrogens with two attached hydrogens (primary N) is 1. The van der Waals surface area contributed by atoms with Crippen molar-refractivity contribution in [3.63, 3.8) is 0 Å². The molecule has 0 aliphatic carbocycles. The predicted molar refractivity (Wildman–Crippen MR) is 83.9 cm³/mol. The Morgan fingerprint density at radius 3 is 2.43 bits per heavy atom. The lowest BCUT2D eigenvalue weighted by atomic mass is 10.2. The van der Waals surface area contributed by atoms with Gasteiger partial charge in [-0.05, 0) is 40.2 Å². The molecule has 0 atom stereocenters. The maximum atomic E-state index is 12.6. The van der Waals surface area contributed by atoms with Crippen LogP contribution in [0.3, 0.4) is 0 Å². The Labute approximate surface area is 130 Å². The third-order valence-electron chi connectivity index (χ3n) is 2.84. The van der Waals surface area contributed by atoms with Gasteiger partial charge < -0.3 is 10.6 Å². The van der Waals surface area contributed by atoms with Crippen LogP contribution in [0.1, 0.15) is 16.9 Å². The molecule has 1 aromatic carbocycles. The van der Waals surface area contributed by atoms with E-state index in [9.17, 15) is 9.59 Å². The van der Waals surface area contributed by atoms with Gasteiger partial charge in [0.25, 0.3) is 5.91 Å². The number of carbonyl (C=O) groups excluding carboxylic acids is 2. The monoisotopic (exact) mass is 347 g/mol. The molecule has 0 radical (unpaired) electrons. The van der Waals surface area contributed by atoms with Crippen LogP contribution in [-0.4, -0.2) is 23.3 Å². The molecule has 5 nitrogen and oxygen atoms in total. The van der Waals surface area contributed by atoms with Crippen LogP contribution in [0.5, 0.6) is 0 Å². The molecule has 2 amide bonds. The lowest BCUT2D eigenvalue weighted by molar-refractivity contribution is -0.117. The summed E-state index contributed by atoms with van der Waals surface area (Å²) in [7, 11) is 0. The van der Waals surface area contributed by atoms with Gasteiger partial charge >= 0.3 is 0 Å². The molecule has 6 heteroatoms. The van der Waals surface area contributed by atoms with Crippen LogP contribution in [-0.2, 0) is 4.79 Å². The molecule has 21 heavy (non-hydrogen) atoms. The van der Waals surface area contributed by atoms with Crippen molar-refractivity contribution in [3.05, 3.63) is 58.8 Å². The third kappa shape index (κ3) is 4.13. The van der Waals surface area contributed by atoms with Crippen molar-refractivity contribution in [2.24, 2.45) is 5.73 Å². The van der Waals surface area contributed by atoms with Crippen molar-refractivity contribution in [2.45, 2.75) is 6.42 Å². The number of rotatable bonds is 5. The number of aromatic nitrogens is 1. The molecule has 0 bridgehead atoms. The zero-order valence-electron chi connectivity index (χ0n) is 11.2. The highest BCUT2D eigenvalue weighted by atomic mass is 79.9. The molecule has 1 heterocycles. The Balaban J connectivity index is 2.28. The number of primary amides is 1. The quantitative estimate of drug-likeness (QED) is 0.901. The maximum absolute atomic E-state index is 12.6. The van der Waals surface area contributed by atoms with Gasteiger partial charge in [-0.1, -0.05) is 18.2 Å². The first-order valence-electron chi connectivity index (χ1n) is 6.34. The Hall–Kier alpha value is -2.21. The fourth-order valence-corrected chi connectivity index (χ4v) is 2.05. The summed E-state index contributed by atoms with van der Waals surface area (Å²) in [5.74, 6) is -0.720. The van der Waals surface area contributed by atoms with Crippen molar-refractivity contribution < 1.29 is 9.59 Å². The fraction of sp³-hybridized carbons (Fsp3) is 0.133. The highest BCUT2D eigenvalue weighted by molar-refractivity contribution is 9.10. The van der Waals surface area contributed by atoms with E-state index >= 15 is 0 Å². The van der Waals surface area contributed by atoms with Gasteiger partial charge in [0.2, 0.25) is 5.91 Å². The number of halogens is 1. The van der Waals surface area contributed by atoms with E-state index in [1.807, 2.05) is 18.2 Å². The summed E-state index contributed by atoms with van der Waals surface area (Å²) in [6, 6.07) is 12.5. The maximum Gasteiger partial charge on any atom is 0.276 e. The first-order chi connectivity index (χ1) is 10.1. The Kier molecular flexibility index (Phi) is 5.05. The number of benzene rings is 1. The summed E-state index contributed by atoms with van der Waals surface area (Å²) in [5.41, 5.74) is 6.19. The van der Waals surface area contributed by atoms with E-state index in [-0.39, 0.29) is 18.9 Å². The van der Waals surface area contributed by atoms with Crippen LogP contribution in [0, 0.1) is 0 Å². The molecule has 1 aromatic heterocycles. The number of hydrogen-bond acceptors (Lipinski definition) is 3. The lowest BCUT2D eigenvalue weighted by Crippen LogP contribution is -2.34. The van der Waals surface area contributed by atoms with E-state index < -0.39 is 5.91 Å². The van der Waals surface area contributed by atoms with Crippen molar-refractivity contribution in [2.75, 3.05) is 11.4 Å². The smallest absolute Gasteiger partial charge is 0.276 e. The summed E-state index contributed by atoms with van der Waals surface area (Å²) in [6.45, 7) is 0.218. The van der Waals surface area contributed by atoms with E-state index in [0.717, 1.165) is 4.47 Å². The Bertz CT molecular complexity index is 629. The normalized spacial score (nSPS) is 10.1. The molecule has 108 valence electrons. The molecule has 0 saturated heterocycles. The number of amides is 2. The fourth-order valence-electron chi connectivity index (χ4n) is 1.82. The van der Waals surface area contributed by atoms with E-state index in [1.54, 1.807) is 30.5 Å². The molecule has 0 spiro atoms. The van der Waals surface area contributed by atoms with Gasteiger partial charge in [0.1, 0.15) is 5.69 Å². The largest absolute Gasteiger partial charge is 0.370 e. The van der Waals surface area contributed by atoms with Crippen LogP contribution < -0.4 is 10.6 Å². The highest BCUT2D eigenvalue weighted by Crippen LogP contribution is 2.17. The number of nitrogens with zero attached hydrogens (tertiary/aromatic N) is 2. The Morgan fingerprint density at radius 2 is 1.86 bits per heavy atom. The van der Waals surface area contributed by atoms with Gasteiger partial charge in [-0.3, -0.25) is 9.59 Å². The van der Waals surface area contributed by atoms with Gasteiger partial charge in [-0.2, -0.15) is 0 Å². The van der Waals surface area contributed by atoms with Crippen molar-refractivity contribution >= 4 is 33.4 Å². The van der Waals surface area contributed by atoms with Gasteiger partial charge in [-0.15, -0.1) is 0 Å². The van der Waals surface area contributed by atoms with Crippen LogP contribution in [0.25, 0.3) is 0 Å². The zero-order valence-corrected chi connectivity index (χ0v) is 12.8. The van der Waals surface area contributed by atoms with Crippen LogP contribution in [0.15, 0.2) is 53.1 Å². The molecule has 2 N–H and O–H groups in total. The van der Waals surface area contributed by atoms with Crippen molar-refractivity contribution in [1.82, 2.24) is 4.98 Å². The number of pyridine rings is 1. The SMILES string of the molecule is NC(=O)CCN(C(=O)c1ccc(Br)cn1)c1ccccc1. The van der Waals surface area contributed by atoms with Crippen LogP contribution in [0.4, 0.5) is 5.69 Å². The van der Waals surface area contributed by atoms with E-state index in [0.29, 0.717) is 11.4 Å². The lowest BCUT2D eigenvalue weighted by Gasteiger charge is -2.22. The molecule has 0 saturated carbocycles.